The standard InChI is InChI=1S/C16H22N2OS2/c1-3-10-19-13-7-4-6-12-14(13)17-15(20)18(12)11-16(21-2)8-5-9-16/h4,6-7H,3,5,8-11H2,1-2H3,(H,17,20). The van der Waals surface area contributed by atoms with Crippen LogP contribution in [0.1, 0.15) is 32.6 Å². The molecule has 0 spiro atoms. The first-order valence-corrected chi connectivity index (χ1v) is 9.22. The van der Waals surface area contributed by atoms with E-state index >= 15 is 0 Å². The van der Waals surface area contributed by atoms with E-state index in [9.17, 15) is 0 Å². The Morgan fingerprint density at radius 3 is 2.86 bits per heavy atom. The molecule has 3 rings (SSSR count). The van der Waals surface area contributed by atoms with Crippen LogP contribution in [0.25, 0.3) is 11.0 Å². The molecule has 2 aromatic rings. The van der Waals surface area contributed by atoms with Crippen molar-refractivity contribution in [2.24, 2.45) is 0 Å². The van der Waals surface area contributed by atoms with Gasteiger partial charge in [-0.2, -0.15) is 11.8 Å². The second-order valence-electron chi connectivity index (χ2n) is 5.76. The van der Waals surface area contributed by atoms with Crippen molar-refractivity contribution in [3.05, 3.63) is 23.0 Å². The molecule has 0 unspecified atom stereocenters. The fourth-order valence-electron chi connectivity index (χ4n) is 2.93. The van der Waals surface area contributed by atoms with Crippen LogP contribution in [0.5, 0.6) is 5.75 Å². The highest BCUT2D eigenvalue weighted by atomic mass is 32.2. The van der Waals surface area contributed by atoms with E-state index in [2.05, 4.69) is 34.9 Å². The summed E-state index contributed by atoms with van der Waals surface area (Å²) < 4.78 is 9.26. The van der Waals surface area contributed by atoms with Gasteiger partial charge in [-0.25, -0.2) is 0 Å². The molecular weight excluding hydrogens is 300 g/mol. The van der Waals surface area contributed by atoms with E-state index in [1.807, 2.05) is 17.8 Å². The summed E-state index contributed by atoms with van der Waals surface area (Å²) in [6.07, 6.45) is 7.13. The number of fused-ring (bicyclic) bond motifs is 1. The lowest BCUT2D eigenvalue weighted by atomic mass is 9.84. The zero-order valence-corrected chi connectivity index (χ0v) is 14.3. The van der Waals surface area contributed by atoms with Crippen LogP contribution in [0, 0.1) is 4.77 Å². The van der Waals surface area contributed by atoms with Gasteiger partial charge >= 0.3 is 0 Å². The van der Waals surface area contributed by atoms with Crippen molar-refractivity contribution in [1.29, 1.82) is 0 Å². The predicted molar refractivity (Wildman–Crippen MR) is 93.0 cm³/mol. The van der Waals surface area contributed by atoms with Gasteiger partial charge in [-0.3, -0.25) is 0 Å². The lowest BCUT2D eigenvalue weighted by Gasteiger charge is -2.40. The summed E-state index contributed by atoms with van der Waals surface area (Å²) in [6, 6.07) is 6.20. The molecule has 3 nitrogen and oxygen atoms in total. The molecule has 1 N–H and O–H groups in total. The quantitative estimate of drug-likeness (QED) is 0.777. The lowest BCUT2D eigenvalue weighted by molar-refractivity contribution is 0.320. The fourth-order valence-corrected chi connectivity index (χ4v) is 4.15. The number of nitrogens with one attached hydrogen (secondary N) is 1. The summed E-state index contributed by atoms with van der Waals surface area (Å²) in [5.74, 6) is 0.908. The molecule has 1 saturated carbocycles. The zero-order valence-electron chi connectivity index (χ0n) is 12.6. The molecule has 1 aromatic carbocycles. The molecule has 0 amide bonds. The van der Waals surface area contributed by atoms with E-state index in [-0.39, 0.29) is 0 Å². The number of H-pyrrole nitrogens is 1. The first-order valence-electron chi connectivity index (χ1n) is 7.58. The highest BCUT2D eigenvalue weighted by molar-refractivity contribution is 8.00. The first-order chi connectivity index (χ1) is 10.2. The Morgan fingerprint density at radius 2 is 2.24 bits per heavy atom. The smallest absolute Gasteiger partial charge is 0.178 e. The monoisotopic (exact) mass is 322 g/mol. The van der Waals surface area contributed by atoms with Gasteiger partial charge in [0.15, 0.2) is 4.77 Å². The molecule has 0 atom stereocenters. The van der Waals surface area contributed by atoms with Crippen molar-refractivity contribution in [3.63, 3.8) is 0 Å². The number of ether oxygens (including phenoxy) is 1. The topological polar surface area (TPSA) is 29.9 Å². The minimum atomic E-state index is 0.369. The van der Waals surface area contributed by atoms with Crippen molar-refractivity contribution in [1.82, 2.24) is 9.55 Å². The molecule has 0 bridgehead atoms. The van der Waals surface area contributed by atoms with E-state index < -0.39 is 0 Å². The normalized spacial score (nSPS) is 16.9. The molecule has 1 aromatic heterocycles. The number of thioether (sulfide) groups is 1. The SMILES string of the molecule is CCCOc1cccc2c1[nH]c(=S)n2CC1(SC)CCC1. The highest BCUT2D eigenvalue weighted by Crippen LogP contribution is 2.44. The van der Waals surface area contributed by atoms with E-state index in [4.69, 9.17) is 17.0 Å². The van der Waals surface area contributed by atoms with E-state index in [0.29, 0.717) is 4.75 Å². The predicted octanol–water partition coefficient (Wildman–Crippen LogP) is 4.77. The number of imidazole rings is 1. The van der Waals surface area contributed by atoms with Gasteiger partial charge in [0, 0.05) is 11.3 Å². The minimum absolute atomic E-state index is 0.369. The number of aromatic amines is 1. The molecule has 1 fully saturated rings. The summed E-state index contributed by atoms with van der Waals surface area (Å²) in [4.78, 5) is 3.34. The Labute approximate surface area is 135 Å². The lowest BCUT2D eigenvalue weighted by Crippen LogP contribution is -2.37. The number of benzene rings is 1. The average molecular weight is 322 g/mol. The van der Waals surface area contributed by atoms with Gasteiger partial charge < -0.3 is 14.3 Å². The van der Waals surface area contributed by atoms with Gasteiger partial charge in [0.1, 0.15) is 11.3 Å². The van der Waals surface area contributed by atoms with Gasteiger partial charge in [-0.15, -0.1) is 0 Å². The Kier molecular flexibility index (Phi) is 4.31. The van der Waals surface area contributed by atoms with Crippen LogP contribution in [0.3, 0.4) is 0 Å². The Hall–Kier alpha value is -0.940. The number of hydrogen-bond acceptors (Lipinski definition) is 3. The van der Waals surface area contributed by atoms with E-state index in [1.54, 1.807) is 0 Å². The third-order valence-corrected chi connectivity index (χ3v) is 6.10. The molecule has 5 heteroatoms. The Bertz CT molecular complexity index is 680. The molecule has 1 aliphatic rings. The average Bonchev–Trinajstić information content (AvgIpc) is 2.77. The summed E-state index contributed by atoms with van der Waals surface area (Å²) in [6.45, 7) is 3.84. The van der Waals surface area contributed by atoms with Crippen molar-refractivity contribution < 1.29 is 4.74 Å². The molecule has 1 aliphatic carbocycles. The largest absolute Gasteiger partial charge is 0.491 e. The third-order valence-electron chi connectivity index (χ3n) is 4.38. The molecule has 0 aliphatic heterocycles. The van der Waals surface area contributed by atoms with Crippen LogP contribution in [0.2, 0.25) is 0 Å². The summed E-state index contributed by atoms with van der Waals surface area (Å²) in [5, 5.41) is 0. The molecule has 0 saturated heterocycles. The number of para-hydroxylation sites is 1. The van der Waals surface area contributed by atoms with Crippen molar-refractivity contribution in [3.8, 4) is 5.75 Å². The minimum Gasteiger partial charge on any atom is -0.491 e. The van der Waals surface area contributed by atoms with E-state index in [1.165, 1.54) is 19.3 Å². The second kappa shape index (κ2) is 6.05. The number of hydrogen-bond donors (Lipinski definition) is 1. The Balaban J connectivity index is 1.99. The maximum atomic E-state index is 5.84. The van der Waals surface area contributed by atoms with Crippen molar-refractivity contribution >= 4 is 35.0 Å². The number of aromatic nitrogens is 2. The third kappa shape index (κ3) is 2.73. The number of rotatable bonds is 6. The maximum Gasteiger partial charge on any atom is 0.178 e. The van der Waals surface area contributed by atoms with Crippen LogP contribution in [0.15, 0.2) is 18.2 Å². The fraction of sp³-hybridized carbons (Fsp3) is 0.562. The second-order valence-corrected chi connectivity index (χ2v) is 7.42. The maximum absolute atomic E-state index is 5.84. The molecule has 21 heavy (non-hydrogen) atoms. The first kappa shape index (κ1) is 15.0. The van der Waals surface area contributed by atoms with Crippen LogP contribution < -0.4 is 4.74 Å². The van der Waals surface area contributed by atoms with Crippen molar-refractivity contribution in [2.45, 2.75) is 43.9 Å². The zero-order chi connectivity index (χ0) is 14.9. The van der Waals surface area contributed by atoms with Gasteiger partial charge in [-0.05, 0) is 49.9 Å². The van der Waals surface area contributed by atoms with Gasteiger partial charge in [0.25, 0.3) is 0 Å². The molecular formula is C16H22N2OS2. The van der Waals surface area contributed by atoms with Crippen LogP contribution in [-0.4, -0.2) is 27.2 Å². The van der Waals surface area contributed by atoms with Crippen LogP contribution in [0.4, 0.5) is 0 Å². The van der Waals surface area contributed by atoms with Gasteiger partial charge in [-0.1, -0.05) is 19.4 Å². The summed E-state index contributed by atoms with van der Waals surface area (Å²) >= 11 is 7.54. The molecule has 114 valence electrons. The van der Waals surface area contributed by atoms with Gasteiger partial charge in [0.05, 0.1) is 12.1 Å². The van der Waals surface area contributed by atoms with Crippen molar-refractivity contribution in [2.75, 3.05) is 12.9 Å². The van der Waals surface area contributed by atoms with E-state index in [0.717, 1.165) is 41.1 Å². The molecule has 0 radical (unpaired) electrons. The van der Waals surface area contributed by atoms with Crippen LogP contribution in [-0.2, 0) is 6.54 Å². The summed E-state index contributed by atoms with van der Waals surface area (Å²) in [7, 11) is 0. The summed E-state index contributed by atoms with van der Waals surface area (Å²) in [5.41, 5.74) is 2.19. The Morgan fingerprint density at radius 1 is 1.43 bits per heavy atom. The highest BCUT2D eigenvalue weighted by Gasteiger charge is 2.37. The van der Waals surface area contributed by atoms with Gasteiger partial charge in [0.2, 0.25) is 0 Å². The molecule has 1 heterocycles. The van der Waals surface area contributed by atoms with Crippen LogP contribution >= 0.6 is 24.0 Å². The number of nitrogens with zero attached hydrogens (tertiary/aromatic N) is 1.